The normalized spacial score (nSPS) is 12.3. The molecule has 0 bridgehead atoms. The van der Waals surface area contributed by atoms with Crippen molar-refractivity contribution in [3.05, 3.63) is 70.5 Å². The second-order valence-corrected chi connectivity index (χ2v) is 6.48. The zero-order valence-electron chi connectivity index (χ0n) is 15.5. The molecule has 144 valence electrons. The van der Waals surface area contributed by atoms with Crippen LogP contribution in [0.15, 0.2) is 64.0 Å². The monoisotopic (exact) mass is 388 g/mol. The highest BCUT2D eigenvalue weighted by molar-refractivity contribution is 5.63. The van der Waals surface area contributed by atoms with Gasteiger partial charge in [0, 0.05) is 17.8 Å². The van der Waals surface area contributed by atoms with Crippen molar-refractivity contribution in [3.8, 4) is 40.2 Å². The maximum Gasteiger partial charge on any atom is 0.282 e. The minimum absolute atomic E-state index is 0.0576. The first kappa shape index (κ1) is 17.2. The molecule has 29 heavy (non-hydrogen) atoms. The van der Waals surface area contributed by atoms with E-state index >= 15 is 0 Å². The smallest absolute Gasteiger partial charge is 0.282 e. The van der Waals surface area contributed by atoms with Crippen LogP contribution in [0.2, 0.25) is 0 Å². The molecule has 1 aliphatic rings. The Balaban J connectivity index is 1.50. The van der Waals surface area contributed by atoms with E-state index in [0.29, 0.717) is 22.9 Å². The molecule has 0 aliphatic carbocycles. The van der Waals surface area contributed by atoms with Crippen LogP contribution >= 0.6 is 0 Å². The van der Waals surface area contributed by atoms with Crippen LogP contribution < -0.4 is 14.9 Å². The average Bonchev–Trinajstić information content (AvgIpc) is 3.43. The van der Waals surface area contributed by atoms with E-state index in [9.17, 15) is 4.79 Å². The molecular weight excluding hydrogens is 372 g/mol. The van der Waals surface area contributed by atoms with Crippen molar-refractivity contribution in [2.75, 3.05) is 6.79 Å². The maximum absolute atomic E-state index is 12.4. The lowest BCUT2D eigenvalue weighted by molar-refractivity contribution is 0.174. The minimum atomic E-state index is -0.299. The van der Waals surface area contributed by atoms with Gasteiger partial charge < -0.3 is 14.0 Å². The van der Waals surface area contributed by atoms with Crippen molar-refractivity contribution < 1.29 is 14.0 Å². The molecule has 1 aliphatic heterocycles. The molecular formula is C21H16N4O4. The SMILES string of the molecule is CCc1ccc(-n2ccc(=O)c(-c3nc(-c4ccc5c(c4)OCO5)no3)n2)cc1. The van der Waals surface area contributed by atoms with Gasteiger partial charge in [-0.25, -0.2) is 4.68 Å². The van der Waals surface area contributed by atoms with Crippen LogP contribution in [0.4, 0.5) is 0 Å². The van der Waals surface area contributed by atoms with Gasteiger partial charge in [-0.3, -0.25) is 4.79 Å². The van der Waals surface area contributed by atoms with Gasteiger partial charge >= 0.3 is 0 Å². The summed E-state index contributed by atoms with van der Waals surface area (Å²) < 4.78 is 17.6. The molecule has 0 fully saturated rings. The minimum Gasteiger partial charge on any atom is -0.454 e. The van der Waals surface area contributed by atoms with E-state index in [-0.39, 0.29) is 23.8 Å². The second kappa shape index (κ2) is 6.90. The highest BCUT2D eigenvalue weighted by atomic mass is 16.7. The van der Waals surface area contributed by atoms with Crippen molar-refractivity contribution in [2.24, 2.45) is 0 Å². The number of fused-ring (bicyclic) bond motifs is 1. The van der Waals surface area contributed by atoms with Crippen molar-refractivity contribution in [2.45, 2.75) is 13.3 Å². The Morgan fingerprint density at radius 2 is 1.86 bits per heavy atom. The van der Waals surface area contributed by atoms with Gasteiger partial charge in [0.15, 0.2) is 17.2 Å². The first-order valence-corrected chi connectivity index (χ1v) is 9.14. The van der Waals surface area contributed by atoms with E-state index in [1.807, 2.05) is 24.3 Å². The molecule has 0 saturated carbocycles. The Morgan fingerprint density at radius 3 is 2.69 bits per heavy atom. The van der Waals surface area contributed by atoms with Crippen LogP contribution in [0.3, 0.4) is 0 Å². The van der Waals surface area contributed by atoms with Crippen LogP contribution in [0.5, 0.6) is 11.5 Å². The summed E-state index contributed by atoms with van der Waals surface area (Å²) in [5, 5.41) is 8.38. The number of hydrogen-bond acceptors (Lipinski definition) is 7. The Morgan fingerprint density at radius 1 is 1.03 bits per heavy atom. The Hall–Kier alpha value is -3.94. The molecule has 0 N–H and O–H groups in total. The highest BCUT2D eigenvalue weighted by Crippen LogP contribution is 2.35. The van der Waals surface area contributed by atoms with E-state index in [4.69, 9.17) is 14.0 Å². The quantitative estimate of drug-likeness (QED) is 0.530. The summed E-state index contributed by atoms with van der Waals surface area (Å²) in [6.07, 6.45) is 2.57. The summed E-state index contributed by atoms with van der Waals surface area (Å²) >= 11 is 0. The van der Waals surface area contributed by atoms with E-state index in [1.54, 1.807) is 29.1 Å². The molecule has 0 spiro atoms. The fourth-order valence-electron chi connectivity index (χ4n) is 3.06. The molecule has 2 aromatic heterocycles. The summed E-state index contributed by atoms with van der Waals surface area (Å²) in [6, 6.07) is 14.7. The van der Waals surface area contributed by atoms with Crippen LogP contribution in [0.1, 0.15) is 12.5 Å². The fraction of sp³-hybridized carbons (Fsp3) is 0.143. The third-order valence-electron chi connectivity index (χ3n) is 4.68. The number of rotatable bonds is 4. The molecule has 0 saturated heterocycles. The number of ether oxygens (including phenoxy) is 2. The van der Waals surface area contributed by atoms with Crippen LogP contribution in [0, 0.1) is 0 Å². The third kappa shape index (κ3) is 3.14. The standard InChI is InChI=1S/C21H16N4O4/c1-2-13-3-6-15(7-4-13)25-10-9-16(26)19(23-25)21-22-20(24-29-21)14-5-8-17-18(11-14)28-12-27-17/h3-11H,2,12H2,1H3. The predicted octanol–water partition coefficient (Wildman–Crippen LogP) is 3.24. The fourth-order valence-corrected chi connectivity index (χ4v) is 3.06. The van der Waals surface area contributed by atoms with Crippen LogP contribution in [0.25, 0.3) is 28.7 Å². The lowest BCUT2D eigenvalue weighted by atomic mass is 10.1. The van der Waals surface area contributed by atoms with Gasteiger partial charge in [0.1, 0.15) is 0 Å². The summed E-state index contributed by atoms with van der Waals surface area (Å²) in [4.78, 5) is 16.7. The zero-order valence-corrected chi connectivity index (χ0v) is 15.5. The average molecular weight is 388 g/mol. The summed E-state index contributed by atoms with van der Waals surface area (Å²) in [6.45, 7) is 2.28. The summed E-state index contributed by atoms with van der Waals surface area (Å²) in [5.74, 6) is 1.67. The highest BCUT2D eigenvalue weighted by Gasteiger charge is 2.19. The number of aromatic nitrogens is 4. The Kier molecular flexibility index (Phi) is 4.09. The molecule has 0 unspecified atom stereocenters. The first-order valence-electron chi connectivity index (χ1n) is 9.14. The molecule has 4 aromatic rings. The van der Waals surface area contributed by atoms with Gasteiger partial charge in [0.05, 0.1) is 5.69 Å². The molecule has 3 heterocycles. The lowest BCUT2D eigenvalue weighted by Crippen LogP contribution is -2.12. The number of benzene rings is 2. The molecule has 2 aromatic carbocycles. The van der Waals surface area contributed by atoms with E-state index < -0.39 is 0 Å². The second-order valence-electron chi connectivity index (χ2n) is 6.48. The number of aryl methyl sites for hydroxylation is 1. The van der Waals surface area contributed by atoms with Gasteiger partial charge in [0.2, 0.25) is 18.0 Å². The summed E-state index contributed by atoms with van der Waals surface area (Å²) in [5.41, 5.74) is 2.54. The lowest BCUT2D eigenvalue weighted by Gasteiger charge is -2.06. The first-order chi connectivity index (χ1) is 14.2. The molecule has 8 nitrogen and oxygen atoms in total. The van der Waals surface area contributed by atoms with Crippen molar-refractivity contribution in [1.82, 2.24) is 19.9 Å². The molecule has 0 radical (unpaired) electrons. The van der Waals surface area contributed by atoms with Gasteiger partial charge in [-0.1, -0.05) is 24.2 Å². The van der Waals surface area contributed by atoms with E-state index in [0.717, 1.165) is 12.1 Å². The zero-order chi connectivity index (χ0) is 19.8. The topological polar surface area (TPSA) is 92.3 Å². The number of hydrogen-bond donors (Lipinski definition) is 0. The van der Waals surface area contributed by atoms with E-state index in [2.05, 4.69) is 22.2 Å². The van der Waals surface area contributed by atoms with Crippen molar-refractivity contribution in [1.29, 1.82) is 0 Å². The summed E-state index contributed by atoms with van der Waals surface area (Å²) in [7, 11) is 0. The van der Waals surface area contributed by atoms with Gasteiger partial charge in [-0.15, -0.1) is 0 Å². The number of nitrogens with zero attached hydrogens (tertiary/aromatic N) is 4. The molecule has 5 rings (SSSR count). The predicted molar refractivity (Wildman–Crippen MR) is 104 cm³/mol. The molecule has 0 atom stereocenters. The van der Waals surface area contributed by atoms with Crippen LogP contribution in [-0.4, -0.2) is 26.7 Å². The van der Waals surface area contributed by atoms with Gasteiger partial charge in [-0.05, 0) is 42.3 Å². The third-order valence-corrected chi connectivity index (χ3v) is 4.68. The van der Waals surface area contributed by atoms with Crippen molar-refractivity contribution >= 4 is 0 Å². The maximum atomic E-state index is 12.4. The Labute approximate surface area is 165 Å². The van der Waals surface area contributed by atoms with Crippen LogP contribution in [-0.2, 0) is 6.42 Å². The van der Waals surface area contributed by atoms with Gasteiger partial charge in [0.25, 0.3) is 5.89 Å². The molecule has 0 amide bonds. The van der Waals surface area contributed by atoms with Gasteiger partial charge in [-0.2, -0.15) is 10.1 Å². The largest absolute Gasteiger partial charge is 0.454 e. The van der Waals surface area contributed by atoms with Crippen molar-refractivity contribution in [3.63, 3.8) is 0 Å². The molecule has 8 heteroatoms. The van der Waals surface area contributed by atoms with E-state index in [1.165, 1.54) is 11.6 Å². The Bertz CT molecular complexity index is 1240.